The molecule has 1 aliphatic rings. The largest absolute Gasteiger partial charge is 0.369 e. The Hall–Kier alpha value is -2.07. The number of amides is 1. The molecular weight excluding hydrogens is 368 g/mol. The van der Waals surface area contributed by atoms with Gasteiger partial charge in [0.2, 0.25) is 5.91 Å². The first-order valence-electron chi connectivity index (χ1n) is 8.57. The van der Waals surface area contributed by atoms with Gasteiger partial charge in [-0.15, -0.1) is 11.3 Å². The minimum absolute atomic E-state index is 0.0444. The molecule has 0 atom stereocenters. The molecule has 0 radical (unpaired) electrons. The van der Waals surface area contributed by atoms with Crippen molar-refractivity contribution in [1.29, 1.82) is 5.26 Å². The third-order valence-corrected chi connectivity index (χ3v) is 5.64. The quantitative estimate of drug-likeness (QED) is 0.847. The van der Waals surface area contributed by atoms with Gasteiger partial charge in [-0.05, 0) is 36.1 Å². The Balaban J connectivity index is 1.46. The van der Waals surface area contributed by atoms with Crippen LogP contribution >= 0.6 is 22.9 Å². The van der Waals surface area contributed by atoms with E-state index in [4.69, 9.17) is 16.9 Å². The van der Waals surface area contributed by atoms with E-state index in [1.165, 1.54) is 22.6 Å². The van der Waals surface area contributed by atoms with Crippen LogP contribution < -0.4 is 10.2 Å². The fraction of sp³-hybridized carbons (Fsp3) is 0.368. The van der Waals surface area contributed by atoms with E-state index in [-0.39, 0.29) is 5.91 Å². The number of nitrogens with one attached hydrogen (secondary N) is 1. The number of carbonyl (C=O) groups is 1. The summed E-state index contributed by atoms with van der Waals surface area (Å²) < 4.78 is 0. The summed E-state index contributed by atoms with van der Waals surface area (Å²) in [5, 5.41) is 15.0. The summed E-state index contributed by atoms with van der Waals surface area (Å²) in [6.45, 7) is 6.51. The van der Waals surface area contributed by atoms with E-state index in [2.05, 4.69) is 34.2 Å². The maximum atomic E-state index is 12.1. The normalized spacial score (nSPS) is 14.9. The maximum absolute atomic E-state index is 12.1. The molecule has 1 aliphatic heterocycles. The zero-order valence-corrected chi connectivity index (χ0v) is 16.2. The molecule has 3 rings (SSSR count). The number of halogens is 1. The van der Waals surface area contributed by atoms with Crippen LogP contribution in [0.2, 0.25) is 5.02 Å². The molecule has 0 aliphatic carbocycles. The molecule has 1 amide bonds. The Morgan fingerprint density at radius 1 is 1.31 bits per heavy atom. The van der Waals surface area contributed by atoms with E-state index in [1.807, 2.05) is 17.5 Å². The molecule has 5 nitrogen and oxygen atoms in total. The first-order valence-corrected chi connectivity index (χ1v) is 9.83. The number of piperazine rings is 1. The Labute approximate surface area is 162 Å². The molecule has 26 heavy (non-hydrogen) atoms. The second kappa shape index (κ2) is 8.54. The fourth-order valence-electron chi connectivity index (χ4n) is 3.08. The van der Waals surface area contributed by atoms with Crippen LogP contribution in [0.5, 0.6) is 0 Å². The predicted molar refractivity (Wildman–Crippen MR) is 107 cm³/mol. The van der Waals surface area contributed by atoms with E-state index in [9.17, 15) is 4.79 Å². The molecule has 0 saturated carbocycles. The standard InChI is InChI=1S/C19H21ClN4OS/c1-14-2-3-16(20)12-17(14)24-9-7-23(8-10-24)6-4-18(25)22-19-15(13-21)5-11-26-19/h2-3,5,11-12H,4,6-10H2,1H3,(H,22,25). The number of hydrogen-bond acceptors (Lipinski definition) is 5. The molecular formula is C19H21ClN4OS. The van der Waals surface area contributed by atoms with Crippen molar-refractivity contribution < 1.29 is 4.79 Å². The number of anilines is 2. The number of carbonyl (C=O) groups excluding carboxylic acids is 1. The van der Waals surface area contributed by atoms with Crippen molar-refractivity contribution in [3.8, 4) is 6.07 Å². The summed E-state index contributed by atoms with van der Waals surface area (Å²) in [6.07, 6.45) is 0.430. The van der Waals surface area contributed by atoms with Gasteiger partial charge in [-0.1, -0.05) is 17.7 Å². The smallest absolute Gasteiger partial charge is 0.226 e. The van der Waals surface area contributed by atoms with Crippen molar-refractivity contribution in [1.82, 2.24) is 4.90 Å². The van der Waals surface area contributed by atoms with E-state index < -0.39 is 0 Å². The lowest BCUT2D eigenvalue weighted by Crippen LogP contribution is -2.47. The van der Waals surface area contributed by atoms with Crippen LogP contribution in [-0.4, -0.2) is 43.5 Å². The zero-order chi connectivity index (χ0) is 18.5. The Morgan fingerprint density at radius 2 is 2.08 bits per heavy atom. The molecule has 0 bridgehead atoms. The van der Waals surface area contributed by atoms with E-state index in [1.54, 1.807) is 6.07 Å². The lowest BCUT2D eigenvalue weighted by atomic mass is 10.1. The van der Waals surface area contributed by atoms with Gasteiger partial charge in [0.25, 0.3) is 0 Å². The van der Waals surface area contributed by atoms with Gasteiger partial charge in [-0.3, -0.25) is 9.69 Å². The molecule has 1 saturated heterocycles. The van der Waals surface area contributed by atoms with Crippen LogP contribution in [0.25, 0.3) is 0 Å². The van der Waals surface area contributed by atoms with Crippen LogP contribution in [0.4, 0.5) is 10.7 Å². The molecule has 136 valence electrons. The van der Waals surface area contributed by atoms with Crippen LogP contribution in [0.1, 0.15) is 17.5 Å². The molecule has 2 heterocycles. The van der Waals surface area contributed by atoms with Crippen molar-refractivity contribution in [2.45, 2.75) is 13.3 Å². The number of thiophene rings is 1. The SMILES string of the molecule is Cc1ccc(Cl)cc1N1CCN(CCC(=O)Nc2sccc2C#N)CC1. The first-order chi connectivity index (χ1) is 12.6. The highest BCUT2D eigenvalue weighted by molar-refractivity contribution is 7.14. The lowest BCUT2D eigenvalue weighted by molar-refractivity contribution is -0.116. The average Bonchev–Trinajstić information content (AvgIpc) is 3.09. The molecule has 7 heteroatoms. The minimum atomic E-state index is -0.0444. The predicted octanol–water partition coefficient (Wildman–Crippen LogP) is 3.73. The van der Waals surface area contributed by atoms with E-state index in [0.29, 0.717) is 17.0 Å². The van der Waals surface area contributed by atoms with Crippen molar-refractivity contribution in [2.75, 3.05) is 42.9 Å². The number of nitriles is 1. The molecule has 0 spiro atoms. The van der Waals surface area contributed by atoms with Crippen LogP contribution in [0.15, 0.2) is 29.6 Å². The first kappa shape index (κ1) is 18.7. The van der Waals surface area contributed by atoms with Crippen molar-refractivity contribution in [3.63, 3.8) is 0 Å². The van der Waals surface area contributed by atoms with E-state index in [0.717, 1.165) is 37.7 Å². The van der Waals surface area contributed by atoms with Gasteiger partial charge < -0.3 is 10.2 Å². The van der Waals surface area contributed by atoms with Gasteiger partial charge in [0.1, 0.15) is 11.1 Å². The molecule has 1 aromatic heterocycles. The van der Waals surface area contributed by atoms with E-state index >= 15 is 0 Å². The second-order valence-electron chi connectivity index (χ2n) is 6.33. The maximum Gasteiger partial charge on any atom is 0.226 e. The number of benzene rings is 1. The van der Waals surface area contributed by atoms with Gasteiger partial charge in [0.05, 0.1) is 5.56 Å². The highest BCUT2D eigenvalue weighted by Gasteiger charge is 2.19. The third-order valence-electron chi connectivity index (χ3n) is 4.58. The summed E-state index contributed by atoms with van der Waals surface area (Å²) in [4.78, 5) is 16.8. The Morgan fingerprint density at radius 3 is 2.81 bits per heavy atom. The molecule has 1 fully saturated rings. The van der Waals surface area contributed by atoms with Crippen LogP contribution in [-0.2, 0) is 4.79 Å². The Bertz CT molecular complexity index is 821. The number of aryl methyl sites for hydroxylation is 1. The summed E-state index contributed by atoms with van der Waals surface area (Å²) in [7, 11) is 0. The minimum Gasteiger partial charge on any atom is -0.369 e. The van der Waals surface area contributed by atoms with Crippen molar-refractivity contribution >= 4 is 39.5 Å². The number of hydrogen-bond donors (Lipinski definition) is 1. The molecule has 1 N–H and O–H groups in total. The van der Waals surface area contributed by atoms with Gasteiger partial charge in [-0.25, -0.2) is 0 Å². The summed E-state index contributed by atoms with van der Waals surface area (Å²) in [5.41, 5.74) is 2.94. The van der Waals surface area contributed by atoms with Crippen LogP contribution in [0, 0.1) is 18.3 Å². The van der Waals surface area contributed by atoms with Crippen molar-refractivity contribution in [3.05, 3.63) is 45.8 Å². The second-order valence-corrected chi connectivity index (χ2v) is 7.69. The summed E-state index contributed by atoms with van der Waals surface area (Å²) in [5.74, 6) is -0.0444. The van der Waals surface area contributed by atoms with Gasteiger partial charge in [0.15, 0.2) is 0 Å². The molecule has 0 unspecified atom stereocenters. The monoisotopic (exact) mass is 388 g/mol. The highest BCUT2D eigenvalue weighted by Crippen LogP contribution is 2.25. The van der Waals surface area contributed by atoms with Gasteiger partial charge >= 0.3 is 0 Å². The highest BCUT2D eigenvalue weighted by atomic mass is 35.5. The molecule has 1 aromatic carbocycles. The topological polar surface area (TPSA) is 59.4 Å². The number of nitrogens with zero attached hydrogens (tertiary/aromatic N) is 3. The fourth-order valence-corrected chi connectivity index (χ4v) is 4.00. The average molecular weight is 389 g/mol. The van der Waals surface area contributed by atoms with Crippen LogP contribution in [0.3, 0.4) is 0 Å². The zero-order valence-electron chi connectivity index (χ0n) is 14.7. The van der Waals surface area contributed by atoms with Gasteiger partial charge in [-0.2, -0.15) is 5.26 Å². The number of rotatable bonds is 5. The Kier molecular flexibility index (Phi) is 6.15. The lowest BCUT2D eigenvalue weighted by Gasteiger charge is -2.36. The summed E-state index contributed by atoms with van der Waals surface area (Å²) in [6, 6.07) is 9.79. The van der Waals surface area contributed by atoms with Gasteiger partial charge in [0, 0.05) is 49.9 Å². The van der Waals surface area contributed by atoms with Crippen molar-refractivity contribution in [2.24, 2.45) is 0 Å². The summed E-state index contributed by atoms with van der Waals surface area (Å²) >= 11 is 7.51. The molecule has 2 aromatic rings. The third kappa shape index (κ3) is 4.55.